The lowest BCUT2D eigenvalue weighted by Crippen LogP contribution is -2.57. The van der Waals surface area contributed by atoms with Crippen molar-refractivity contribution in [3.8, 4) is 5.75 Å². The molecule has 2 aliphatic heterocycles. The Morgan fingerprint density at radius 1 is 1.29 bits per heavy atom. The number of aromatic nitrogens is 2. The predicted octanol–water partition coefficient (Wildman–Crippen LogP) is 3.12. The van der Waals surface area contributed by atoms with E-state index < -0.39 is 44.8 Å². The molecule has 4 heterocycles. The van der Waals surface area contributed by atoms with Crippen LogP contribution in [-0.4, -0.2) is 56.0 Å². The molecular weight excluding hydrogens is 485 g/mol. The fraction of sp³-hybridized carbons (Fsp3) is 0.455. The highest BCUT2D eigenvalue weighted by molar-refractivity contribution is 7.95. The summed E-state index contributed by atoms with van der Waals surface area (Å²) < 4.78 is 61.5. The Bertz CT molecular complexity index is 1300. The van der Waals surface area contributed by atoms with Gasteiger partial charge < -0.3 is 15.8 Å². The zero-order chi connectivity index (χ0) is 25.4. The number of alkyl halides is 2. The smallest absolute Gasteiger partial charge is 0.275 e. The SMILES string of the molecule is CC1(c2nc(NC(=O)c3ccc(OCC(F)F)cn3)ccc2F)CS2(=O)=NCCCC2(C)C(N)=N1. The van der Waals surface area contributed by atoms with E-state index in [1.807, 2.05) is 0 Å². The number of nitrogens with two attached hydrogens (primary N) is 1. The van der Waals surface area contributed by atoms with E-state index >= 15 is 0 Å². The van der Waals surface area contributed by atoms with E-state index in [2.05, 4.69) is 24.6 Å². The number of nitrogens with one attached hydrogen (secondary N) is 1. The van der Waals surface area contributed by atoms with Crippen LogP contribution in [0.4, 0.5) is 19.0 Å². The van der Waals surface area contributed by atoms with Gasteiger partial charge in [0.05, 0.1) is 21.7 Å². The average molecular weight is 511 g/mol. The van der Waals surface area contributed by atoms with Crippen LogP contribution in [0.15, 0.2) is 39.8 Å². The Balaban J connectivity index is 1.59. The first-order valence-electron chi connectivity index (χ1n) is 10.9. The maximum absolute atomic E-state index is 14.9. The van der Waals surface area contributed by atoms with Crippen molar-refractivity contribution in [2.45, 2.75) is 43.4 Å². The van der Waals surface area contributed by atoms with E-state index in [0.717, 1.165) is 18.7 Å². The van der Waals surface area contributed by atoms with Gasteiger partial charge in [-0.1, -0.05) is 0 Å². The highest BCUT2D eigenvalue weighted by Gasteiger charge is 2.51. The molecule has 1 amide bonds. The number of amides is 1. The molecule has 0 saturated carbocycles. The number of carbonyl (C=O) groups excluding carboxylic acids is 1. The Kier molecular flexibility index (Phi) is 6.47. The van der Waals surface area contributed by atoms with Crippen LogP contribution in [-0.2, 0) is 15.3 Å². The molecule has 35 heavy (non-hydrogen) atoms. The van der Waals surface area contributed by atoms with Crippen molar-refractivity contribution in [3.05, 3.63) is 47.7 Å². The van der Waals surface area contributed by atoms with Gasteiger partial charge in [-0.2, -0.15) is 0 Å². The summed E-state index contributed by atoms with van der Waals surface area (Å²) in [5.74, 6) is -1.16. The molecule has 3 N–H and O–H groups in total. The quantitative estimate of drug-likeness (QED) is 0.614. The number of halogens is 3. The fourth-order valence-corrected chi connectivity index (χ4v) is 7.09. The van der Waals surface area contributed by atoms with Crippen LogP contribution in [0, 0.1) is 5.82 Å². The lowest BCUT2D eigenvalue weighted by molar-refractivity contribution is 0.0816. The number of carbonyl (C=O) groups is 1. The first-order valence-corrected chi connectivity index (χ1v) is 12.6. The van der Waals surface area contributed by atoms with Gasteiger partial charge >= 0.3 is 0 Å². The van der Waals surface area contributed by atoms with E-state index in [1.54, 1.807) is 13.8 Å². The largest absolute Gasteiger partial charge is 0.486 e. The number of aliphatic imine (C=N–C) groups is 1. The van der Waals surface area contributed by atoms with Crippen LogP contribution in [0.25, 0.3) is 0 Å². The maximum atomic E-state index is 14.9. The number of hydrogen-bond acceptors (Lipinski definition) is 8. The molecular formula is C22H25F3N6O3S. The summed E-state index contributed by atoms with van der Waals surface area (Å²) in [6, 6.07) is 5.02. The van der Waals surface area contributed by atoms with Crippen molar-refractivity contribution in [2.75, 3.05) is 24.2 Å². The van der Waals surface area contributed by atoms with Crippen molar-refractivity contribution in [3.63, 3.8) is 0 Å². The van der Waals surface area contributed by atoms with Crippen molar-refractivity contribution < 1.29 is 26.9 Å². The molecule has 0 saturated heterocycles. The van der Waals surface area contributed by atoms with Crippen molar-refractivity contribution in [1.29, 1.82) is 0 Å². The number of anilines is 1. The number of rotatable bonds is 6. The highest BCUT2D eigenvalue weighted by Crippen LogP contribution is 2.42. The third-order valence-corrected chi connectivity index (χ3v) is 9.52. The molecule has 0 aromatic carbocycles. The topological polar surface area (TPSA) is 132 Å². The fourth-order valence-electron chi connectivity index (χ4n) is 4.17. The Morgan fingerprint density at radius 3 is 2.74 bits per heavy atom. The molecule has 0 radical (unpaired) electrons. The summed E-state index contributed by atoms with van der Waals surface area (Å²) in [7, 11) is -2.84. The van der Waals surface area contributed by atoms with E-state index in [-0.39, 0.29) is 34.5 Å². The van der Waals surface area contributed by atoms with Crippen LogP contribution < -0.4 is 15.8 Å². The van der Waals surface area contributed by atoms with E-state index in [9.17, 15) is 22.2 Å². The summed E-state index contributed by atoms with van der Waals surface area (Å²) >= 11 is 0. The van der Waals surface area contributed by atoms with Crippen LogP contribution in [0.2, 0.25) is 0 Å². The average Bonchev–Trinajstić information content (AvgIpc) is 2.80. The van der Waals surface area contributed by atoms with Crippen LogP contribution in [0.1, 0.15) is 42.9 Å². The molecule has 2 aliphatic rings. The Hall–Kier alpha value is -3.22. The molecule has 2 aromatic heterocycles. The third kappa shape index (κ3) is 4.68. The molecule has 0 bridgehead atoms. The van der Waals surface area contributed by atoms with E-state index in [0.29, 0.717) is 13.0 Å². The summed E-state index contributed by atoms with van der Waals surface area (Å²) in [6.07, 6.45) is -0.183. The molecule has 188 valence electrons. The predicted molar refractivity (Wildman–Crippen MR) is 125 cm³/mol. The lowest BCUT2D eigenvalue weighted by Gasteiger charge is -2.43. The van der Waals surface area contributed by atoms with Gasteiger partial charge in [0.2, 0.25) is 0 Å². The summed E-state index contributed by atoms with van der Waals surface area (Å²) in [5, 5.41) is 2.52. The normalized spacial score (nSPS) is 28.0. The summed E-state index contributed by atoms with van der Waals surface area (Å²) in [4.78, 5) is 25.3. The minimum atomic E-state index is -2.84. The standard InChI is InChI=1S/C22H25F3N6O3S/c1-21(12-35(33)22(2,20(26)31-21)8-3-9-28-35)18-14(23)5-7-17(29-18)30-19(32)15-6-4-13(10-27-15)34-11-16(24)25/h4-7,10,16H,3,8-9,11-12H2,1-2H3,(H2,26,31)(H,29,30,32). The van der Waals surface area contributed by atoms with Gasteiger partial charge in [-0.15, -0.1) is 0 Å². The molecule has 0 fully saturated rings. The molecule has 3 atom stereocenters. The van der Waals surface area contributed by atoms with Crippen molar-refractivity contribution >= 4 is 27.3 Å². The molecule has 2 aromatic rings. The van der Waals surface area contributed by atoms with Crippen LogP contribution >= 0.6 is 0 Å². The van der Waals surface area contributed by atoms with Gasteiger partial charge in [-0.05, 0) is 51.0 Å². The molecule has 0 spiro atoms. The van der Waals surface area contributed by atoms with Gasteiger partial charge in [0.25, 0.3) is 12.3 Å². The van der Waals surface area contributed by atoms with Gasteiger partial charge in [0.15, 0.2) is 0 Å². The number of fused-ring (bicyclic) bond motifs is 1. The molecule has 13 heteroatoms. The first-order chi connectivity index (χ1) is 16.5. The Morgan fingerprint density at radius 2 is 2.06 bits per heavy atom. The van der Waals surface area contributed by atoms with Crippen LogP contribution in [0.5, 0.6) is 5.75 Å². The van der Waals surface area contributed by atoms with Gasteiger partial charge in [0, 0.05) is 6.54 Å². The Labute approximate surface area is 200 Å². The second-order valence-electron chi connectivity index (χ2n) is 8.81. The number of pyridine rings is 2. The molecule has 3 unspecified atom stereocenters. The zero-order valence-corrected chi connectivity index (χ0v) is 19.9. The second kappa shape index (κ2) is 9.10. The lowest BCUT2D eigenvalue weighted by atomic mass is 9.96. The van der Waals surface area contributed by atoms with Gasteiger partial charge in [-0.3, -0.25) is 9.79 Å². The van der Waals surface area contributed by atoms with Crippen molar-refractivity contribution in [1.82, 2.24) is 9.97 Å². The zero-order valence-electron chi connectivity index (χ0n) is 19.1. The number of ether oxygens (including phenoxy) is 1. The molecule has 4 rings (SSSR count). The third-order valence-electron chi connectivity index (χ3n) is 6.14. The first kappa shape index (κ1) is 24.9. The van der Waals surface area contributed by atoms with Crippen LogP contribution in [0.3, 0.4) is 0 Å². The summed E-state index contributed by atoms with van der Waals surface area (Å²) in [6.45, 7) is 3.00. The second-order valence-corrected chi connectivity index (χ2v) is 11.5. The number of amidine groups is 1. The highest BCUT2D eigenvalue weighted by atomic mass is 32.2. The van der Waals surface area contributed by atoms with E-state index in [1.165, 1.54) is 18.2 Å². The van der Waals surface area contributed by atoms with E-state index in [4.69, 9.17) is 10.5 Å². The van der Waals surface area contributed by atoms with Crippen molar-refractivity contribution in [2.24, 2.45) is 15.1 Å². The number of nitrogens with zero attached hydrogens (tertiary/aromatic N) is 4. The van der Waals surface area contributed by atoms with Gasteiger partial charge in [0.1, 0.15) is 51.5 Å². The van der Waals surface area contributed by atoms with Gasteiger partial charge in [-0.25, -0.2) is 31.7 Å². The maximum Gasteiger partial charge on any atom is 0.275 e. The molecule has 0 aliphatic carbocycles. The monoisotopic (exact) mass is 510 g/mol. The minimum Gasteiger partial charge on any atom is -0.486 e. The summed E-state index contributed by atoms with van der Waals surface area (Å²) in [5.41, 5.74) is 4.74. The minimum absolute atomic E-state index is 0.0186. The number of hydrogen-bond donors (Lipinski definition) is 2. The molecule has 9 nitrogen and oxygen atoms in total.